The molecule has 0 radical (unpaired) electrons. The standard InChI is InChI=1S/C17H18N2O6S2.H2N2/c1-12-3-7-14(8-4-12)26(22,23)17(21)11-16(20)18-19-27(24,25)15-9-5-13(2)6-10-15;1-2/h3-10,19H,11H2,1-2H3,(H,18,20);1-2H. The monoisotopic (exact) mass is 440 g/mol. The Hall–Kier alpha value is -2.96. The molecule has 10 nitrogen and oxygen atoms in total. The highest BCUT2D eigenvalue weighted by Crippen LogP contribution is 2.14. The van der Waals surface area contributed by atoms with Crippen LogP contribution in [0.25, 0.3) is 0 Å². The quantitative estimate of drug-likeness (QED) is 0.301. The molecule has 0 saturated heterocycles. The van der Waals surface area contributed by atoms with Gasteiger partial charge in [0.25, 0.3) is 15.1 Å². The van der Waals surface area contributed by atoms with Crippen LogP contribution in [0.2, 0.25) is 0 Å². The van der Waals surface area contributed by atoms with Crippen LogP contribution in [-0.4, -0.2) is 27.9 Å². The van der Waals surface area contributed by atoms with E-state index < -0.39 is 37.3 Å². The topological polar surface area (TPSA) is 174 Å². The third-order valence-electron chi connectivity index (χ3n) is 3.59. The van der Waals surface area contributed by atoms with Gasteiger partial charge in [-0.05, 0) is 38.1 Å². The summed E-state index contributed by atoms with van der Waals surface area (Å²) in [5.41, 5.74) is 13.5. The smallest absolute Gasteiger partial charge is 0.260 e. The van der Waals surface area contributed by atoms with Crippen molar-refractivity contribution in [3.8, 4) is 0 Å². The summed E-state index contributed by atoms with van der Waals surface area (Å²) in [6, 6.07) is 11.4. The van der Waals surface area contributed by atoms with E-state index >= 15 is 0 Å². The summed E-state index contributed by atoms with van der Waals surface area (Å²) < 4.78 is 48.4. The van der Waals surface area contributed by atoms with Gasteiger partial charge in [-0.1, -0.05) is 35.4 Å². The van der Waals surface area contributed by atoms with Gasteiger partial charge in [-0.25, -0.2) is 27.9 Å². The average Bonchev–Trinajstić information content (AvgIpc) is 2.68. The molecule has 2 rings (SSSR count). The van der Waals surface area contributed by atoms with Crippen molar-refractivity contribution in [2.75, 3.05) is 0 Å². The fraction of sp³-hybridized carbons (Fsp3) is 0.176. The summed E-state index contributed by atoms with van der Waals surface area (Å²) in [6.07, 6.45) is -1.02. The molecule has 0 bridgehead atoms. The van der Waals surface area contributed by atoms with E-state index in [0.29, 0.717) is 0 Å². The van der Waals surface area contributed by atoms with Gasteiger partial charge in [0.05, 0.1) is 9.79 Å². The van der Waals surface area contributed by atoms with Crippen LogP contribution in [0.4, 0.5) is 0 Å². The Morgan fingerprint density at radius 2 is 1.21 bits per heavy atom. The molecule has 0 unspecified atom stereocenters. The van der Waals surface area contributed by atoms with Crippen molar-refractivity contribution in [1.29, 1.82) is 11.1 Å². The number of carbonyl (C=O) groups excluding carboxylic acids is 2. The average molecular weight is 441 g/mol. The molecule has 1 amide bonds. The number of hydrogen-bond acceptors (Lipinski definition) is 8. The second kappa shape index (κ2) is 10.0. The number of carbonyl (C=O) groups is 2. The van der Waals surface area contributed by atoms with Crippen LogP contribution in [-0.2, 0) is 29.4 Å². The van der Waals surface area contributed by atoms with Crippen LogP contribution < -0.4 is 10.3 Å². The van der Waals surface area contributed by atoms with Gasteiger partial charge >= 0.3 is 0 Å². The molecule has 0 spiro atoms. The van der Waals surface area contributed by atoms with Crippen LogP contribution in [0.5, 0.6) is 0 Å². The molecular formula is C17H20N4O6S2. The number of rotatable bonds is 6. The van der Waals surface area contributed by atoms with Gasteiger partial charge in [0.2, 0.25) is 15.7 Å². The van der Waals surface area contributed by atoms with Crippen molar-refractivity contribution in [3.05, 3.63) is 59.7 Å². The normalized spacial score (nSPS) is 11.1. The number of sulfonamides is 1. The minimum atomic E-state index is -4.34. The van der Waals surface area contributed by atoms with E-state index in [-0.39, 0.29) is 9.79 Å². The SMILES string of the molecule is Cc1ccc(S(=O)(=O)NNC(=O)CC(=O)S(=O)(=O)c2ccc(C)cc2)cc1.N=N. The molecule has 0 aromatic heterocycles. The predicted octanol–water partition coefficient (Wildman–Crippen LogP) is 1.60. The molecule has 0 fully saturated rings. The molecule has 2 aromatic rings. The highest BCUT2D eigenvalue weighted by Gasteiger charge is 2.27. The number of hydrogen-bond donors (Lipinski definition) is 4. The molecule has 0 aliphatic rings. The Bertz CT molecular complexity index is 1080. The van der Waals surface area contributed by atoms with Gasteiger partial charge in [-0.2, -0.15) is 0 Å². The van der Waals surface area contributed by atoms with Gasteiger partial charge < -0.3 is 0 Å². The van der Waals surface area contributed by atoms with E-state index in [0.717, 1.165) is 11.1 Å². The van der Waals surface area contributed by atoms with Gasteiger partial charge in [-0.15, -0.1) is 4.83 Å². The van der Waals surface area contributed by atoms with E-state index in [1.54, 1.807) is 26.0 Å². The zero-order valence-corrected chi connectivity index (χ0v) is 17.2. The first-order valence-electron chi connectivity index (χ1n) is 7.99. The maximum absolute atomic E-state index is 12.2. The molecule has 2 aromatic carbocycles. The molecule has 0 aliphatic heterocycles. The molecule has 4 N–H and O–H groups in total. The Morgan fingerprint density at radius 3 is 1.66 bits per heavy atom. The predicted molar refractivity (Wildman–Crippen MR) is 103 cm³/mol. The fourth-order valence-electron chi connectivity index (χ4n) is 2.02. The zero-order valence-electron chi connectivity index (χ0n) is 15.6. The largest absolute Gasteiger partial charge is 0.281 e. The Balaban J connectivity index is 0.00000204. The van der Waals surface area contributed by atoms with E-state index in [9.17, 15) is 26.4 Å². The first-order chi connectivity index (χ1) is 13.5. The molecule has 29 heavy (non-hydrogen) atoms. The summed E-state index contributed by atoms with van der Waals surface area (Å²) in [5.74, 6) is -1.09. The Morgan fingerprint density at radius 1 is 0.793 bits per heavy atom. The lowest BCUT2D eigenvalue weighted by Gasteiger charge is -2.09. The van der Waals surface area contributed by atoms with Crippen molar-refractivity contribution in [2.24, 2.45) is 0 Å². The van der Waals surface area contributed by atoms with E-state index in [1.165, 1.54) is 36.4 Å². The summed E-state index contributed by atoms with van der Waals surface area (Å²) in [6.45, 7) is 3.54. The molecular weight excluding hydrogens is 420 g/mol. The number of sulfone groups is 1. The molecule has 12 heteroatoms. The van der Waals surface area contributed by atoms with Gasteiger partial charge in [0, 0.05) is 0 Å². The summed E-state index contributed by atoms with van der Waals surface area (Å²) in [7, 11) is -8.38. The van der Waals surface area contributed by atoms with Crippen LogP contribution in [0, 0.1) is 24.9 Å². The lowest BCUT2D eigenvalue weighted by atomic mass is 10.2. The maximum Gasteiger partial charge on any atom is 0.260 e. The van der Waals surface area contributed by atoms with Crippen molar-refractivity contribution in [1.82, 2.24) is 10.3 Å². The van der Waals surface area contributed by atoms with Crippen LogP contribution >= 0.6 is 0 Å². The fourth-order valence-corrected chi connectivity index (χ4v) is 3.96. The Kier molecular flexibility index (Phi) is 8.30. The molecule has 0 aliphatic carbocycles. The van der Waals surface area contributed by atoms with Crippen molar-refractivity contribution < 1.29 is 26.4 Å². The second-order valence-electron chi connectivity index (χ2n) is 5.83. The van der Waals surface area contributed by atoms with Gasteiger partial charge in [0.1, 0.15) is 6.42 Å². The summed E-state index contributed by atoms with van der Waals surface area (Å²) in [5, 5.41) is -1.33. The number of aryl methyl sites for hydroxylation is 2. The summed E-state index contributed by atoms with van der Waals surface area (Å²) >= 11 is 0. The lowest BCUT2D eigenvalue weighted by Crippen LogP contribution is -2.42. The first-order valence-corrected chi connectivity index (χ1v) is 11.0. The van der Waals surface area contributed by atoms with Gasteiger partial charge in [-0.3, -0.25) is 15.0 Å². The number of benzene rings is 2. The molecule has 0 saturated carbocycles. The Labute approximate surface area is 168 Å². The van der Waals surface area contributed by atoms with Crippen LogP contribution in [0.3, 0.4) is 0 Å². The first kappa shape index (κ1) is 24.1. The number of nitrogens with one attached hydrogen (secondary N) is 4. The minimum absolute atomic E-state index is 0.0907. The van der Waals surface area contributed by atoms with Crippen molar-refractivity contribution in [3.63, 3.8) is 0 Å². The second-order valence-corrected chi connectivity index (χ2v) is 9.45. The van der Waals surface area contributed by atoms with E-state index in [4.69, 9.17) is 11.1 Å². The number of hydrazine groups is 1. The lowest BCUT2D eigenvalue weighted by molar-refractivity contribution is -0.125. The maximum atomic E-state index is 12.2. The minimum Gasteiger partial charge on any atom is -0.281 e. The summed E-state index contributed by atoms with van der Waals surface area (Å²) in [4.78, 5) is 25.3. The highest BCUT2D eigenvalue weighted by molar-refractivity contribution is 8.06. The zero-order chi connectivity index (χ0) is 22.2. The third kappa shape index (κ3) is 6.55. The van der Waals surface area contributed by atoms with Crippen LogP contribution in [0.15, 0.2) is 58.3 Å². The molecule has 0 atom stereocenters. The van der Waals surface area contributed by atoms with Crippen molar-refractivity contribution in [2.45, 2.75) is 30.1 Å². The van der Waals surface area contributed by atoms with Gasteiger partial charge in [0.15, 0.2) is 0 Å². The molecule has 0 heterocycles. The van der Waals surface area contributed by atoms with Crippen LogP contribution in [0.1, 0.15) is 17.5 Å². The third-order valence-corrected chi connectivity index (χ3v) is 6.49. The molecule has 156 valence electrons. The van der Waals surface area contributed by atoms with Crippen molar-refractivity contribution >= 4 is 30.9 Å². The number of amides is 1. The van der Waals surface area contributed by atoms with E-state index in [2.05, 4.69) is 0 Å². The van der Waals surface area contributed by atoms with E-state index in [1.807, 2.05) is 10.3 Å². The highest BCUT2D eigenvalue weighted by atomic mass is 32.2.